The minimum Gasteiger partial charge on any atom is -0.493 e. The summed E-state index contributed by atoms with van der Waals surface area (Å²) in [5, 5.41) is 1.74. The largest absolute Gasteiger partial charge is 0.493 e. The second-order valence-corrected chi connectivity index (χ2v) is 10.9. The number of pyridine rings is 1. The van der Waals surface area contributed by atoms with E-state index in [0.717, 1.165) is 16.5 Å². The molecule has 5 aromatic rings. The predicted molar refractivity (Wildman–Crippen MR) is 144 cm³/mol. The van der Waals surface area contributed by atoms with Gasteiger partial charge in [-0.2, -0.15) is 0 Å². The molecule has 2 aromatic carbocycles. The molecule has 0 unspecified atom stereocenters. The van der Waals surface area contributed by atoms with Crippen LogP contribution in [0.2, 0.25) is 5.02 Å². The van der Waals surface area contributed by atoms with Crippen LogP contribution in [0, 0.1) is 6.92 Å². The topological polar surface area (TPSA) is 84.6 Å². The van der Waals surface area contributed by atoms with Crippen molar-refractivity contribution >= 4 is 43.6 Å². The van der Waals surface area contributed by atoms with Crippen LogP contribution >= 0.6 is 11.6 Å². The Morgan fingerprint density at radius 1 is 0.973 bits per heavy atom. The predicted octanol–water partition coefficient (Wildman–Crippen LogP) is 5.43. The van der Waals surface area contributed by atoms with E-state index in [-0.39, 0.29) is 10.5 Å². The highest BCUT2D eigenvalue weighted by atomic mass is 35.5. The highest BCUT2D eigenvalue weighted by Gasteiger charge is 2.27. The fraction of sp³-hybridized carbons (Fsp3) is 0.222. The van der Waals surface area contributed by atoms with Crippen molar-refractivity contribution in [1.29, 1.82) is 0 Å². The first kappa shape index (κ1) is 25.1. The minimum atomic E-state index is -4.02. The Kier molecular flexibility index (Phi) is 6.61. The van der Waals surface area contributed by atoms with Crippen molar-refractivity contribution in [2.45, 2.75) is 11.8 Å². The molecule has 0 N–H and O–H groups in total. The Bertz CT molecular complexity index is 1720. The Morgan fingerprint density at radius 2 is 1.73 bits per heavy atom. The number of benzene rings is 2. The maximum atomic E-state index is 14.0. The lowest BCUT2D eigenvalue weighted by atomic mass is 10.1. The van der Waals surface area contributed by atoms with Gasteiger partial charge < -0.3 is 18.8 Å². The summed E-state index contributed by atoms with van der Waals surface area (Å²) in [7, 11) is 1.05. The summed E-state index contributed by atoms with van der Waals surface area (Å²) in [6.45, 7) is 2.71. The van der Waals surface area contributed by atoms with Gasteiger partial charge in [-0.3, -0.25) is 0 Å². The summed E-state index contributed by atoms with van der Waals surface area (Å²) < 4.78 is 47.8. The van der Waals surface area contributed by atoms with E-state index in [4.69, 9.17) is 25.8 Å². The van der Waals surface area contributed by atoms with Gasteiger partial charge in [-0.1, -0.05) is 29.3 Å². The Labute approximate surface area is 220 Å². The normalized spacial score (nSPS) is 11.9. The molecular weight excluding hydrogens is 514 g/mol. The van der Waals surface area contributed by atoms with E-state index in [2.05, 4.69) is 4.98 Å². The average molecular weight is 540 g/mol. The molecule has 0 radical (unpaired) electrons. The van der Waals surface area contributed by atoms with Crippen LogP contribution in [0.5, 0.6) is 11.5 Å². The molecule has 3 heterocycles. The number of nitrogens with zero attached hydrogens (tertiary/aromatic N) is 3. The molecule has 37 heavy (non-hydrogen) atoms. The molecule has 0 bridgehead atoms. The summed E-state index contributed by atoms with van der Waals surface area (Å²) in [5.41, 5.74) is 3.18. The van der Waals surface area contributed by atoms with Gasteiger partial charge in [-0.05, 0) is 37.3 Å². The average Bonchev–Trinajstić information content (AvgIpc) is 3.43. The van der Waals surface area contributed by atoms with Gasteiger partial charge in [0.25, 0.3) is 10.0 Å². The molecule has 10 heteroatoms. The van der Waals surface area contributed by atoms with Crippen LogP contribution in [0.4, 0.5) is 0 Å². The highest BCUT2D eigenvalue weighted by molar-refractivity contribution is 7.90. The number of aryl methyl sites for hydroxylation is 2. The first-order chi connectivity index (χ1) is 17.8. The fourth-order valence-electron chi connectivity index (χ4n) is 4.39. The molecule has 5 rings (SSSR count). The maximum Gasteiger partial charge on any atom is 0.269 e. The Balaban J connectivity index is 1.79. The lowest BCUT2D eigenvalue weighted by Gasteiger charge is -2.13. The van der Waals surface area contributed by atoms with Crippen LogP contribution in [0.25, 0.3) is 33.2 Å². The van der Waals surface area contributed by atoms with Crippen molar-refractivity contribution < 1.29 is 22.6 Å². The molecule has 0 saturated carbocycles. The van der Waals surface area contributed by atoms with Gasteiger partial charge in [-0.25, -0.2) is 17.4 Å². The highest BCUT2D eigenvalue weighted by Crippen LogP contribution is 2.41. The molecule has 0 saturated heterocycles. The molecule has 0 atom stereocenters. The first-order valence-electron chi connectivity index (χ1n) is 11.5. The second-order valence-electron chi connectivity index (χ2n) is 8.66. The number of fused-ring (bicyclic) bond motifs is 2. The smallest absolute Gasteiger partial charge is 0.269 e. The standard InChI is InChI=1S/C27H26ClN3O5S/c1-17-5-7-18(8-6-17)37(32,33)31-24(13-20-22(28)9-10-29-27(20)31)21-16-30(2)23-15-26(36-12-11-34-3)25(35-4)14-19(21)23/h5-10,13-16H,11-12H2,1-4H3. The van der Waals surface area contributed by atoms with Gasteiger partial charge in [0.15, 0.2) is 17.1 Å². The van der Waals surface area contributed by atoms with Crippen molar-refractivity contribution in [3.05, 3.63) is 71.5 Å². The van der Waals surface area contributed by atoms with E-state index in [1.165, 1.54) is 10.2 Å². The molecular formula is C27H26ClN3O5S. The first-order valence-corrected chi connectivity index (χ1v) is 13.4. The fourth-order valence-corrected chi connectivity index (χ4v) is 6.06. The number of methoxy groups -OCH3 is 2. The van der Waals surface area contributed by atoms with Crippen LogP contribution in [0.15, 0.2) is 65.8 Å². The third-order valence-corrected chi connectivity index (χ3v) is 8.31. The number of halogens is 1. The molecule has 0 fully saturated rings. The van der Waals surface area contributed by atoms with E-state index in [1.54, 1.807) is 50.6 Å². The number of ether oxygens (including phenoxy) is 3. The van der Waals surface area contributed by atoms with Gasteiger partial charge in [0, 0.05) is 49.0 Å². The van der Waals surface area contributed by atoms with Crippen molar-refractivity contribution in [3.8, 4) is 22.8 Å². The molecule has 0 aliphatic heterocycles. The van der Waals surface area contributed by atoms with Crippen molar-refractivity contribution in [2.24, 2.45) is 7.05 Å². The molecule has 8 nitrogen and oxygen atoms in total. The van der Waals surface area contributed by atoms with E-state index in [0.29, 0.717) is 46.4 Å². The van der Waals surface area contributed by atoms with Gasteiger partial charge in [0.1, 0.15) is 6.61 Å². The Hall–Kier alpha value is -3.53. The monoisotopic (exact) mass is 539 g/mol. The van der Waals surface area contributed by atoms with Crippen LogP contribution in [0.1, 0.15) is 5.56 Å². The summed E-state index contributed by atoms with van der Waals surface area (Å²) >= 11 is 6.50. The zero-order valence-electron chi connectivity index (χ0n) is 20.9. The molecule has 192 valence electrons. The van der Waals surface area contributed by atoms with E-state index in [1.807, 2.05) is 36.9 Å². The quantitative estimate of drug-likeness (QED) is 0.245. The van der Waals surface area contributed by atoms with Crippen molar-refractivity contribution in [2.75, 3.05) is 27.4 Å². The van der Waals surface area contributed by atoms with E-state index < -0.39 is 10.0 Å². The lowest BCUT2D eigenvalue weighted by molar-refractivity contribution is 0.144. The summed E-state index contributed by atoms with van der Waals surface area (Å²) in [6.07, 6.45) is 3.39. The third-order valence-electron chi connectivity index (χ3n) is 6.26. The van der Waals surface area contributed by atoms with Crippen LogP contribution in [0.3, 0.4) is 0 Å². The van der Waals surface area contributed by atoms with E-state index >= 15 is 0 Å². The van der Waals surface area contributed by atoms with Crippen molar-refractivity contribution in [1.82, 2.24) is 13.5 Å². The Morgan fingerprint density at radius 3 is 2.43 bits per heavy atom. The van der Waals surface area contributed by atoms with Gasteiger partial charge in [-0.15, -0.1) is 0 Å². The third kappa shape index (κ3) is 4.33. The molecule has 0 aliphatic carbocycles. The van der Waals surface area contributed by atoms with Gasteiger partial charge >= 0.3 is 0 Å². The summed E-state index contributed by atoms with van der Waals surface area (Å²) in [6, 6.07) is 13.9. The van der Waals surface area contributed by atoms with Gasteiger partial charge in [0.05, 0.1) is 34.8 Å². The minimum absolute atomic E-state index is 0.158. The SMILES string of the molecule is COCCOc1cc2c(cc1OC)c(-c1cc3c(Cl)ccnc3n1S(=O)(=O)c1ccc(C)cc1)cn2C. The van der Waals surface area contributed by atoms with E-state index in [9.17, 15) is 8.42 Å². The zero-order valence-corrected chi connectivity index (χ0v) is 22.4. The summed E-state index contributed by atoms with van der Waals surface area (Å²) in [4.78, 5) is 4.57. The molecule has 0 amide bonds. The zero-order chi connectivity index (χ0) is 26.3. The lowest BCUT2D eigenvalue weighted by Crippen LogP contribution is -2.14. The molecule has 0 spiro atoms. The second kappa shape index (κ2) is 9.74. The summed E-state index contributed by atoms with van der Waals surface area (Å²) in [5.74, 6) is 1.09. The van der Waals surface area contributed by atoms with Crippen LogP contribution in [-0.2, 0) is 21.8 Å². The molecule has 0 aliphatic rings. The number of aromatic nitrogens is 3. The van der Waals surface area contributed by atoms with Crippen LogP contribution < -0.4 is 9.47 Å². The van der Waals surface area contributed by atoms with Gasteiger partial charge in [0.2, 0.25) is 0 Å². The van der Waals surface area contributed by atoms with Crippen LogP contribution in [-0.4, -0.2) is 49.4 Å². The number of hydrogen-bond acceptors (Lipinski definition) is 6. The number of rotatable bonds is 8. The number of hydrogen-bond donors (Lipinski definition) is 0. The van der Waals surface area contributed by atoms with Crippen molar-refractivity contribution in [3.63, 3.8) is 0 Å². The maximum absolute atomic E-state index is 14.0. The molecule has 3 aromatic heterocycles.